The predicted octanol–water partition coefficient (Wildman–Crippen LogP) is 3.37. The number of aryl methyl sites for hydroxylation is 1. The van der Waals surface area contributed by atoms with Gasteiger partial charge < -0.3 is 10.1 Å². The summed E-state index contributed by atoms with van der Waals surface area (Å²) in [6, 6.07) is 15.5. The summed E-state index contributed by atoms with van der Waals surface area (Å²) in [5, 5.41) is 23.0. The van der Waals surface area contributed by atoms with Crippen molar-refractivity contribution in [3.05, 3.63) is 75.3 Å². The average Bonchev–Trinajstić information content (AvgIpc) is 2.72. The Hall–Kier alpha value is -4.04. The maximum Gasteiger partial charge on any atom is 0.373 e. The first kappa shape index (κ1) is 21.7. The van der Waals surface area contributed by atoms with E-state index in [1.165, 1.54) is 18.2 Å². The van der Waals surface area contributed by atoms with Crippen LogP contribution in [0.2, 0.25) is 0 Å². The highest BCUT2D eigenvalue weighted by Crippen LogP contribution is 2.36. The van der Waals surface area contributed by atoms with Gasteiger partial charge in [-0.1, -0.05) is 30.3 Å². The average molecular weight is 439 g/mol. The fourth-order valence-electron chi connectivity index (χ4n) is 2.66. The van der Waals surface area contributed by atoms with Crippen molar-refractivity contribution >= 4 is 21.3 Å². The summed E-state index contributed by atoms with van der Waals surface area (Å²) in [5.74, 6) is -0.656. The first-order valence-electron chi connectivity index (χ1n) is 8.92. The Labute approximate surface area is 178 Å². The molecule has 0 atom stereocenters. The number of hydrogen-bond donors (Lipinski definition) is 1. The maximum absolute atomic E-state index is 12.1. The SMILES string of the molecule is Cc1cc(Oc2nc(S(C)(=O)=O)nc(NCc3ccccc3)c2[N+](=O)[O-])ccc1C#N. The molecule has 0 saturated heterocycles. The normalized spacial score (nSPS) is 10.9. The number of nitrogens with one attached hydrogen (secondary N) is 1. The van der Waals surface area contributed by atoms with E-state index in [2.05, 4.69) is 15.3 Å². The highest BCUT2D eigenvalue weighted by Gasteiger charge is 2.29. The molecule has 10 nitrogen and oxygen atoms in total. The lowest BCUT2D eigenvalue weighted by atomic mass is 10.1. The van der Waals surface area contributed by atoms with Gasteiger partial charge >= 0.3 is 11.6 Å². The van der Waals surface area contributed by atoms with Crippen molar-refractivity contribution in [2.24, 2.45) is 0 Å². The van der Waals surface area contributed by atoms with E-state index in [4.69, 9.17) is 10.00 Å². The van der Waals surface area contributed by atoms with Gasteiger partial charge in [-0.25, -0.2) is 8.42 Å². The Morgan fingerprint density at radius 2 is 1.90 bits per heavy atom. The zero-order valence-corrected chi connectivity index (χ0v) is 17.4. The third-order valence-electron chi connectivity index (χ3n) is 4.18. The molecule has 0 aliphatic carbocycles. The van der Waals surface area contributed by atoms with E-state index in [0.29, 0.717) is 11.1 Å². The molecule has 0 aliphatic rings. The van der Waals surface area contributed by atoms with Gasteiger partial charge in [-0.3, -0.25) is 10.1 Å². The molecule has 31 heavy (non-hydrogen) atoms. The summed E-state index contributed by atoms with van der Waals surface area (Å²) in [5.41, 5.74) is 1.20. The minimum atomic E-state index is -3.89. The van der Waals surface area contributed by atoms with Gasteiger partial charge in [0.1, 0.15) is 5.75 Å². The molecule has 0 amide bonds. The summed E-state index contributed by atoms with van der Waals surface area (Å²) < 4.78 is 29.7. The molecule has 1 heterocycles. The smallest absolute Gasteiger partial charge is 0.373 e. The van der Waals surface area contributed by atoms with Crippen molar-refractivity contribution in [2.45, 2.75) is 18.6 Å². The van der Waals surface area contributed by atoms with Crippen LogP contribution in [0.4, 0.5) is 11.5 Å². The summed E-state index contributed by atoms with van der Waals surface area (Å²) in [6.45, 7) is 1.84. The van der Waals surface area contributed by atoms with Gasteiger partial charge in [0.05, 0.1) is 16.6 Å². The quantitative estimate of drug-likeness (QED) is 0.332. The Morgan fingerprint density at radius 1 is 1.19 bits per heavy atom. The number of anilines is 1. The van der Waals surface area contributed by atoms with Gasteiger partial charge in [-0.2, -0.15) is 15.2 Å². The third kappa shape index (κ3) is 5.12. The van der Waals surface area contributed by atoms with E-state index in [1.54, 1.807) is 31.2 Å². The summed E-state index contributed by atoms with van der Waals surface area (Å²) in [4.78, 5) is 18.7. The van der Waals surface area contributed by atoms with Crippen LogP contribution in [0.25, 0.3) is 0 Å². The number of rotatable bonds is 7. The van der Waals surface area contributed by atoms with Gasteiger partial charge in [0.2, 0.25) is 15.7 Å². The van der Waals surface area contributed by atoms with Crippen LogP contribution in [0, 0.1) is 28.4 Å². The lowest BCUT2D eigenvalue weighted by Crippen LogP contribution is -2.12. The molecule has 0 bridgehead atoms. The number of ether oxygens (including phenoxy) is 1. The molecule has 0 unspecified atom stereocenters. The first-order chi connectivity index (χ1) is 14.7. The van der Waals surface area contributed by atoms with E-state index in [9.17, 15) is 18.5 Å². The molecule has 0 aliphatic heterocycles. The van der Waals surface area contributed by atoms with Crippen LogP contribution in [0.15, 0.2) is 53.7 Å². The van der Waals surface area contributed by atoms with Crippen LogP contribution < -0.4 is 10.1 Å². The molecular weight excluding hydrogens is 422 g/mol. The molecule has 0 spiro atoms. The molecule has 0 radical (unpaired) electrons. The number of sulfone groups is 1. The van der Waals surface area contributed by atoms with E-state index < -0.39 is 31.5 Å². The van der Waals surface area contributed by atoms with Crippen molar-refractivity contribution in [3.8, 4) is 17.7 Å². The van der Waals surface area contributed by atoms with Crippen molar-refractivity contribution in [3.63, 3.8) is 0 Å². The monoisotopic (exact) mass is 439 g/mol. The molecular formula is C20H17N5O5S. The molecule has 158 valence electrons. The van der Waals surface area contributed by atoms with Crippen molar-refractivity contribution in [2.75, 3.05) is 11.6 Å². The van der Waals surface area contributed by atoms with Crippen molar-refractivity contribution in [1.29, 1.82) is 5.26 Å². The lowest BCUT2D eigenvalue weighted by Gasteiger charge is -2.12. The van der Waals surface area contributed by atoms with Gasteiger partial charge in [0.25, 0.3) is 5.16 Å². The molecule has 0 fully saturated rings. The lowest BCUT2D eigenvalue weighted by molar-refractivity contribution is -0.385. The summed E-state index contributed by atoms with van der Waals surface area (Å²) in [6.07, 6.45) is 0.894. The number of nitro groups is 1. The molecule has 1 N–H and O–H groups in total. The van der Waals surface area contributed by atoms with Crippen molar-refractivity contribution < 1.29 is 18.1 Å². The minimum absolute atomic E-state index is 0.159. The van der Waals surface area contributed by atoms with Gasteiger partial charge in [0, 0.05) is 12.8 Å². The van der Waals surface area contributed by atoms with E-state index in [1.807, 2.05) is 12.1 Å². The molecule has 2 aromatic carbocycles. The highest BCUT2D eigenvalue weighted by atomic mass is 32.2. The molecule has 3 rings (SSSR count). The van der Waals surface area contributed by atoms with Crippen LogP contribution in [0.5, 0.6) is 11.6 Å². The zero-order valence-electron chi connectivity index (χ0n) is 16.6. The molecule has 3 aromatic rings. The molecule has 11 heteroatoms. The van der Waals surface area contributed by atoms with Crippen LogP contribution in [-0.2, 0) is 16.4 Å². The second-order valence-corrected chi connectivity index (χ2v) is 8.48. The van der Waals surface area contributed by atoms with E-state index >= 15 is 0 Å². The number of hydrogen-bond acceptors (Lipinski definition) is 9. The second-order valence-electron chi connectivity index (χ2n) is 6.57. The third-order valence-corrected chi connectivity index (χ3v) is 5.03. The Morgan fingerprint density at radius 3 is 2.48 bits per heavy atom. The van der Waals surface area contributed by atoms with Gasteiger partial charge in [0.15, 0.2) is 0 Å². The number of aromatic nitrogens is 2. The molecule has 1 aromatic heterocycles. The van der Waals surface area contributed by atoms with Crippen LogP contribution in [-0.4, -0.2) is 29.6 Å². The zero-order chi connectivity index (χ0) is 22.6. The second kappa shape index (κ2) is 8.76. The van der Waals surface area contributed by atoms with Crippen molar-refractivity contribution in [1.82, 2.24) is 9.97 Å². The Kier molecular flexibility index (Phi) is 6.12. The van der Waals surface area contributed by atoms with E-state index in [-0.39, 0.29) is 18.1 Å². The summed E-state index contributed by atoms with van der Waals surface area (Å²) in [7, 11) is -3.89. The van der Waals surface area contributed by atoms with Crippen LogP contribution in [0.1, 0.15) is 16.7 Å². The van der Waals surface area contributed by atoms with E-state index in [0.717, 1.165) is 11.8 Å². The topological polar surface area (TPSA) is 148 Å². The Balaban J connectivity index is 2.08. The standard InChI is InChI=1S/C20H17N5O5S/c1-13-10-16(9-8-15(13)11-21)30-19-17(25(26)27)18(23-20(24-19)31(2,28)29)22-12-14-6-4-3-5-7-14/h3-10H,12H2,1-2H3,(H,22,23,24). The number of nitrogens with zero attached hydrogens (tertiary/aromatic N) is 4. The fraction of sp³-hybridized carbons (Fsp3) is 0.150. The highest BCUT2D eigenvalue weighted by molar-refractivity contribution is 7.90. The van der Waals surface area contributed by atoms with Crippen LogP contribution >= 0.6 is 0 Å². The Bertz CT molecular complexity index is 1290. The van der Waals surface area contributed by atoms with Gasteiger partial charge in [-0.15, -0.1) is 0 Å². The summed E-state index contributed by atoms with van der Waals surface area (Å²) >= 11 is 0. The van der Waals surface area contributed by atoms with Crippen LogP contribution in [0.3, 0.4) is 0 Å². The van der Waals surface area contributed by atoms with Gasteiger partial charge in [-0.05, 0) is 36.2 Å². The largest absolute Gasteiger partial charge is 0.434 e. The fourth-order valence-corrected chi connectivity index (χ4v) is 3.16. The number of benzene rings is 2. The maximum atomic E-state index is 12.1. The minimum Gasteiger partial charge on any atom is -0.434 e. The first-order valence-corrected chi connectivity index (χ1v) is 10.8. The molecule has 0 saturated carbocycles. The predicted molar refractivity (Wildman–Crippen MR) is 112 cm³/mol. The number of nitriles is 1.